The molecule has 0 bridgehead atoms. The van der Waals surface area contributed by atoms with Crippen LogP contribution in [0.5, 0.6) is 0 Å². The van der Waals surface area contributed by atoms with Gasteiger partial charge in [-0.15, -0.1) is 0 Å². The summed E-state index contributed by atoms with van der Waals surface area (Å²) in [7, 11) is 0. The van der Waals surface area contributed by atoms with Gasteiger partial charge in [0, 0.05) is 19.6 Å². The van der Waals surface area contributed by atoms with Crippen molar-refractivity contribution in [1.29, 1.82) is 0 Å². The number of amides is 1. The van der Waals surface area contributed by atoms with E-state index in [2.05, 4.69) is 0 Å². The van der Waals surface area contributed by atoms with E-state index in [0.29, 0.717) is 24.7 Å². The Morgan fingerprint density at radius 1 is 1.26 bits per heavy atom. The lowest BCUT2D eigenvalue weighted by Gasteiger charge is -2.36. The van der Waals surface area contributed by atoms with Crippen molar-refractivity contribution in [3.05, 3.63) is 34.1 Å². The largest absolute Gasteiger partial charge is 0.355 e. The van der Waals surface area contributed by atoms with Gasteiger partial charge < -0.3 is 9.80 Å². The number of carbonyl (C=O) groups excluding carboxylic acids is 1. The summed E-state index contributed by atoms with van der Waals surface area (Å²) in [6.45, 7) is 1.99. The first-order chi connectivity index (χ1) is 11.0. The molecule has 1 saturated heterocycles. The molecule has 2 aliphatic rings. The standard InChI is InChI=1S/C16H20FN3O3/c17-13-5-6-14(15(9-13)20(22)23)18-7-8-19(16(21)11-18)10-12-3-1-2-4-12/h5-6,9,12H,1-4,7-8,10-11H2. The highest BCUT2D eigenvalue weighted by atomic mass is 19.1. The lowest BCUT2D eigenvalue weighted by atomic mass is 10.1. The quantitative estimate of drug-likeness (QED) is 0.631. The lowest BCUT2D eigenvalue weighted by Crippen LogP contribution is -2.51. The Labute approximate surface area is 134 Å². The maximum atomic E-state index is 13.2. The van der Waals surface area contributed by atoms with Crippen LogP contribution in [0.4, 0.5) is 15.8 Å². The summed E-state index contributed by atoms with van der Waals surface area (Å²) in [6, 6.07) is 3.48. The van der Waals surface area contributed by atoms with Crippen molar-refractivity contribution >= 4 is 17.3 Å². The third-order valence-corrected chi connectivity index (χ3v) is 4.75. The Kier molecular flexibility index (Phi) is 4.45. The monoisotopic (exact) mass is 321 g/mol. The second-order valence-corrected chi connectivity index (χ2v) is 6.30. The van der Waals surface area contributed by atoms with Crippen LogP contribution >= 0.6 is 0 Å². The van der Waals surface area contributed by atoms with Gasteiger partial charge in [-0.1, -0.05) is 12.8 Å². The second-order valence-electron chi connectivity index (χ2n) is 6.30. The fourth-order valence-corrected chi connectivity index (χ4v) is 3.52. The first-order valence-corrected chi connectivity index (χ1v) is 8.01. The van der Waals surface area contributed by atoms with Gasteiger partial charge in [0.2, 0.25) is 5.91 Å². The highest BCUT2D eigenvalue weighted by molar-refractivity contribution is 5.84. The molecule has 23 heavy (non-hydrogen) atoms. The maximum Gasteiger partial charge on any atom is 0.295 e. The Morgan fingerprint density at radius 3 is 2.65 bits per heavy atom. The molecule has 1 heterocycles. The molecule has 1 aromatic rings. The highest BCUT2D eigenvalue weighted by Gasteiger charge is 2.30. The number of hydrogen-bond donors (Lipinski definition) is 0. The summed E-state index contributed by atoms with van der Waals surface area (Å²) in [5, 5.41) is 11.1. The normalized spacial score (nSPS) is 19.4. The zero-order valence-corrected chi connectivity index (χ0v) is 12.9. The van der Waals surface area contributed by atoms with E-state index in [1.165, 1.54) is 37.8 Å². The molecule has 0 spiro atoms. The predicted molar refractivity (Wildman–Crippen MR) is 83.8 cm³/mol. The third kappa shape index (κ3) is 3.43. The first kappa shape index (κ1) is 15.7. The molecule has 1 saturated carbocycles. The van der Waals surface area contributed by atoms with E-state index in [1.54, 1.807) is 4.90 Å². The van der Waals surface area contributed by atoms with Crippen molar-refractivity contribution in [3.8, 4) is 0 Å². The number of hydrogen-bond acceptors (Lipinski definition) is 4. The predicted octanol–water partition coefficient (Wildman–Crippen LogP) is 2.57. The number of nitro groups is 1. The highest BCUT2D eigenvalue weighted by Crippen LogP contribution is 2.31. The van der Waals surface area contributed by atoms with Crippen molar-refractivity contribution in [2.45, 2.75) is 25.7 Å². The van der Waals surface area contributed by atoms with Gasteiger partial charge in [0.15, 0.2) is 0 Å². The molecule has 1 aliphatic carbocycles. The molecule has 124 valence electrons. The van der Waals surface area contributed by atoms with Crippen molar-refractivity contribution in [3.63, 3.8) is 0 Å². The van der Waals surface area contributed by atoms with Crippen LogP contribution in [0.2, 0.25) is 0 Å². The van der Waals surface area contributed by atoms with Crippen molar-refractivity contribution in [1.82, 2.24) is 4.90 Å². The molecular formula is C16H20FN3O3. The fraction of sp³-hybridized carbons (Fsp3) is 0.562. The van der Waals surface area contributed by atoms with Gasteiger partial charge in [-0.3, -0.25) is 14.9 Å². The lowest BCUT2D eigenvalue weighted by molar-refractivity contribution is -0.384. The molecule has 7 heteroatoms. The average Bonchev–Trinajstić information content (AvgIpc) is 3.02. The van der Waals surface area contributed by atoms with E-state index in [1.807, 2.05) is 4.90 Å². The minimum atomic E-state index is -0.647. The van der Waals surface area contributed by atoms with Gasteiger partial charge in [-0.2, -0.15) is 0 Å². The van der Waals surface area contributed by atoms with E-state index < -0.39 is 10.7 Å². The van der Waals surface area contributed by atoms with Crippen molar-refractivity contribution < 1.29 is 14.1 Å². The van der Waals surface area contributed by atoms with Gasteiger partial charge in [0.05, 0.1) is 17.5 Å². The maximum absolute atomic E-state index is 13.2. The van der Waals surface area contributed by atoms with E-state index in [-0.39, 0.29) is 18.1 Å². The third-order valence-electron chi connectivity index (χ3n) is 4.75. The van der Waals surface area contributed by atoms with Gasteiger partial charge >= 0.3 is 0 Å². The first-order valence-electron chi connectivity index (χ1n) is 8.01. The number of nitro benzene ring substituents is 1. The molecule has 2 fully saturated rings. The molecule has 1 amide bonds. The minimum absolute atomic E-state index is 0.0122. The zero-order valence-electron chi connectivity index (χ0n) is 12.9. The summed E-state index contributed by atoms with van der Waals surface area (Å²) in [5.41, 5.74) is 0.0207. The van der Waals surface area contributed by atoms with Crippen LogP contribution in [-0.2, 0) is 4.79 Å². The molecule has 1 aliphatic heterocycles. The molecule has 0 radical (unpaired) electrons. The molecule has 3 rings (SSSR count). The van der Waals surface area contributed by atoms with Crippen LogP contribution < -0.4 is 4.90 Å². The second kappa shape index (κ2) is 6.52. The number of anilines is 1. The summed E-state index contributed by atoms with van der Waals surface area (Å²) in [6.07, 6.45) is 4.83. The van der Waals surface area contributed by atoms with E-state index >= 15 is 0 Å². The summed E-state index contributed by atoms with van der Waals surface area (Å²) in [5.74, 6) is -0.0703. The molecular weight excluding hydrogens is 301 g/mol. The zero-order chi connectivity index (χ0) is 16.4. The number of nitrogens with zero attached hydrogens (tertiary/aromatic N) is 3. The van der Waals surface area contributed by atoms with Crippen LogP contribution in [0.25, 0.3) is 0 Å². The molecule has 0 atom stereocenters. The molecule has 0 aromatic heterocycles. The molecule has 1 aromatic carbocycles. The van der Waals surface area contributed by atoms with E-state index in [4.69, 9.17) is 0 Å². The van der Waals surface area contributed by atoms with E-state index in [9.17, 15) is 19.3 Å². The van der Waals surface area contributed by atoms with Gasteiger partial charge in [-0.25, -0.2) is 4.39 Å². The number of halogens is 1. The molecule has 0 N–H and O–H groups in total. The van der Waals surface area contributed by atoms with Gasteiger partial charge in [0.1, 0.15) is 11.5 Å². The summed E-state index contributed by atoms with van der Waals surface area (Å²) >= 11 is 0. The van der Waals surface area contributed by atoms with Crippen molar-refractivity contribution in [2.75, 3.05) is 31.1 Å². The van der Waals surface area contributed by atoms with Crippen molar-refractivity contribution in [2.24, 2.45) is 5.92 Å². The number of piperazine rings is 1. The SMILES string of the molecule is O=C1CN(c2ccc(F)cc2[N+](=O)[O-])CCN1CC1CCCC1. The Bertz CT molecular complexity index is 617. The fourth-order valence-electron chi connectivity index (χ4n) is 3.52. The Balaban J connectivity index is 1.70. The summed E-state index contributed by atoms with van der Waals surface area (Å²) < 4.78 is 13.2. The van der Waals surface area contributed by atoms with Gasteiger partial charge in [0.25, 0.3) is 5.69 Å². The Morgan fingerprint density at radius 2 is 2.00 bits per heavy atom. The molecule has 6 nitrogen and oxygen atoms in total. The van der Waals surface area contributed by atoms with Crippen LogP contribution in [-0.4, -0.2) is 41.9 Å². The Hall–Kier alpha value is -2.18. The van der Waals surface area contributed by atoms with E-state index in [0.717, 1.165) is 12.6 Å². The van der Waals surface area contributed by atoms with Crippen LogP contribution in [0.3, 0.4) is 0 Å². The smallest absolute Gasteiger partial charge is 0.295 e. The van der Waals surface area contributed by atoms with Crippen LogP contribution in [0.1, 0.15) is 25.7 Å². The van der Waals surface area contributed by atoms with Gasteiger partial charge in [-0.05, 0) is 30.9 Å². The summed E-state index contributed by atoms with van der Waals surface area (Å²) in [4.78, 5) is 26.4. The average molecular weight is 321 g/mol. The number of rotatable bonds is 4. The molecule has 0 unspecified atom stereocenters. The van der Waals surface area contributed by atoms with Crippen LogP contribution in [0, 0.1) is 21.8 Å². The number of benzene rings is 1. The minimum Gasteiger partial charge on any atom is -0.355 e. The van der Waals surface area contributed by atoms with Crippen LogP contribution in [0.15, 0.2) is 18.2 Å². The number of carbonyl (C=O) groups is 1. The topological polar surface area (TPSA) is 66.7 Å².